The van der Waals surface area contributed by atoms with Crippen molar-refractivity contribution in [3.8, 4) is 0 Å². The molecule has 130 valence electrons. The second-order valence-electron chi connectivity index (χ2n) is 5.34. The van der Waals surface area contributed by atoms with Gasteiger partial charge in [-0.1, -0.05) is 24.3 Å². The number of carboxylic acids is 1. The molecule has 0 atom stereocenters. The zero-order chi connectivity index (χ0) is 18.1. The van der Waals surface area contributed by atoms with Crippen LogP contribution in [0.2, 0.25) is 0 Å². The maximum atomic E-state index is 12.3. The monoisotopic (exact) mass is 340 g/mol. The summed E-state index contributed by atoms with van der Waals surface area (Å²) < 4.78 is 0. The average Bonchev–Trinajstić information content (AvgIpc) is 2.63. The van der Waals surface area contributed by atoms with Gasteiger partial charge in [0.2, 0.25) is 0 Å². The summed E-state index contributed by atoms with van der Waals surface area (Å²) in [4.78, 5) is 26.9. The number of benzene rings is 2. The number of carbonyl (C=O) groups excluding carboxylic acids is 1. The smallest absolute Gasteiger partial charge is 0.303 e. The van der Waals surface area contributed by atoms with Gasteiger partial charge >= 0.3 is 5.97 Å². The van der Waals surface area contributed by atoms with Crippen molar-refractivity contribution in [1.29, 1.82) is 0 Å². The first-order valence-corrected chi connectivity index (χ1v) is 7.75. The molecule has 2 aromatic carbocycles. The molecule has 2 rings (SSSR count). The van der Waals surface area contributed by atoms with Crippen LogP contribution in [-0.4, -0.2) is 29.7 Å². The Kier molecular flexibility index (Phi) is 6.67. The quantitative estimate of drug-likeness (QED) is 0.183. The highest BCUT2D eigenvalue weighted by atomic mass is 16.4. The van der Waals surface area contributed by atoms with E-state index in [4.69, 9.17) is 10.9 Å². The SMILES string of the molecule is NNC=Nc1cccc(C(=O)CNc2ccc(CCC(=O)O)cc2)c1. The minimum Gasteiger partial charge on any atom is -0.481 e. The second kappa shape index (κ2) is 9.19. The Morgan fingerprint density at radius 2 is 1.92 bits per heavy atom. The molecular weight excluding hydrogens is 320 g/mol. The summed E-state index contributed by atoms with van der Waals surface area (Å²) in [7, 11) is 0. The van der Waals surface area contributed by atoms with Gasteiger partial charge in [-0.25, -0.2) is 10.8 Å². The van der Waals surface area contributed by atoms with Crippen molar-refractivity contribution >= 4 is 29.5 Å². The maximum Gasteiger partial charge on any atom is 0.303 e. The topological polar surface area (TPSA) is 117 Å². The number of carbonyl (C=O) groups is 2. The number of hydrogen-bond donors (Lipinski definition) is 4. The van der Waals surface area contributed by atoms with Crippen LogP contribution >= 0.6 is 0 Å². The molecule has 25 heavy (non-hydrogen) atoms. The summed E-state index contributed by atoms with van der Waals surface area (Å²) in [5.41, 5.74) is 5.24. The number of anilines is 1. The fourth-order valence-corrected chi connectivity index (χ4v) is 2.20. The zero-order valence-corrected chi connectivity index (χ0v) is 13.6. The Labute approximate surface area is 145 Å². The molecule has 0 amide bonds. The largest absolute Gasteiger partial charge is 0.481 e. The Morgan fingerprint density at radius 3 is 2.60 bits per heavy atom. The molecule has 0 fully saturated rings. The van der Waals surface area contributed by atoms with Gasteiger partial charge in [0.05, 0.1) is 12.2 Å². The molecule has 0 aliphatic heterocycles. The number of rotatable bonds is 9. The molecule has 5 N–H and O–H groups in total. The average molecular weight is 340 g/mol. The summed E-state index contributed by atoms with van der Waals surface area (Å²) in [5.74, 6) is 4.25. The number of hydrogen-bond acceptors (Lipinski definition) is 5. The van der Waals surface area contributed by atoms with Crippen LogP contribution in [0.4, 0.5) is 11.4 Å². The number of nitrogens with zero attached hydrogens (tertiary/aromatic N) is 1. The van der Waals surface area contributed by atoms with Crippen LogP contribution in [0, 0.1) is 0 Å². The van der Waals surface area contributed by atoms with Crippen LogP contribution in [0.15, 0.2) is 53.5 Å². The lowest BCUT2D eigenvalue weighted by Gasteiger charge is -2.07. The normalized spacial score (nSPS) is 10.6. The van der Waals surface area contributed by atoms with Crippen molar-refractivity contribution in [1.82, 2.24) is 5.43 Å². The summed E-state index contributed by atoms with van der Waals surface area (Å²) >= 11 is 0. The first-order valence-electron chi connectivity index (χ1n) is 7.75. The Morgan fingerprint density at radius 1 is 1.16 bits per heavy atom. The van der Waals surface area contributed by atoms with Gasteiger partial charge in [0.15, 0.2) is 5.78 Å². The van der Waals surface area contributed by atoms with Crippen molar-refractivity contribution in [2.75, 3.05) is 11.9 Å². The number of aryl methyl sites for hydroxylation is 1. The van der Waals surface area contributed by atoms with Gasteiger partial charge in [-0.05, 0) is 36.2 Å². The first-order chi connectivity index (χ1) is 12.1. The molecule has 0 aliphatic rings. The molecule has 0 spiro atoms. The molecule has 0 aliphatic carbocycles. The molecule has 0 bridgehead atoms. The van der Waals surface area contributed by atoms with Crippen LogP contribution in [0.3, 0.4) is 0 Å². The van der Waals surface area contributed by atoms with Crippen molar-refractivity contribution in [3.63, 3.8) is 0 Å². The van der Waals surface area contributed by atoms with Crippen LogP contribution in [-0.2, 0) is 11.2 Å². The van der Waals surface area contributed by atoms with Gasteiger partial charge in [-0.2, -0.15) is 0 Å². The standard InChI is InChI=1S/C18H20N4O3/c19-22-12-21-16-3-1-2-14(10-16)17(23)11-20-15-7-4-13(5-8-15)6-9-18(24)25/h1-5,7-8,10,12,20H,6,9,11,19H2,(H,21,22)(H,24,25). The van der Waals surface area contributed by atoms with Crippen LogP contribution in [0.5, 0.6) is 0 Å². The van der Waals surface area contributed by atoms with Crippen molar-refractivity contribution in [2.45, 2.75) is 12.8 Å². The molecule has 0 heterocycles. The minimum atomic E-state index is -0.818. The van der Waals surface area contributed by atoms with Gasteiger partial charge in [0.1, 0.15) is 6.34 Å². The van der Waals surface area contributed by atoms with Crippen LogP contribution in [0.1, 0.15) is 22.3 Å². The van der Waals surface area contributed by atoms with E-state index in [9.17, 15) is 9.59 Å². The van der Waals surface area contributed by atoms with E-state index in [0.717, 1.165) is 11.3 Å². The van der Waals surface area contributed by atoms with E-state index in [-0.39, 0.29) is 18.7 Å². The van der Waals surface area contributed by atoms with E-state index >= 15 is 0 Å². The van der Waals surface area contributed by atoms with Gasteiger partial charge in [0, 0.05) is 17.7 Å². The highest BCUT2D eigenvalue weighted by molar-refractivity contribution is 5.99. The summed E-state index contributed by atoms with van der Waals surface area (Å²) in [5, 5.41) is 11.7. The lowest BCUT2D eigenvalue weighted by molar-refractivity contribution is -0.136. The van der Waals surface area contributed by atoms with E-state index in [1.54, 1.807) is 24.3 Å². The number of hydrazine groups is 1. The highest BCUT2D eigenvalue weighted by Gasteiger charge is 2.06. The van der Waals surface area contributed by atoms with E-state index in [2.05, 4.69) is 15.7 Å². The minimum absolute atomic E-state index is 0.0623. The molecule has 7 heteroatoms. The van der Waals surface area contributed by atoms with E-state index in [1.165, 1.54) is 6.34 Å². The van der Waals surface area contributed by atoms with E-state index in [1.807, 2.05) is 24.3 Å². The zero-order valence-electron chi connectivity index (χ0n) is 13.6. The number of Topliss-reactive ketones (excluding diaryl/α,β-unsaturated/α-hetero) is 1. The highest BCUT2D eigenvalue weighted by Crippen LogP contribution is 2.15. The third-order valence-electron chi connectivity index (χ3n) is 3.49. The second-order valence-corrected chi connectivity index (χ2v) is 5.34. The lowest BCUT2D eigenvalue weighted by Crippen LogP contribution is -2.18. The van der Waals surface area contributed by atoms with Crippen LogP contribution in [0.25, 0.3) is 0 Å². The number of aliphatic imine (C=N–C) groups is 1. The number of nitrogens with two attached hydrogens (primary N) is 1. The molecule has 0 saturated heterocycles. The molecule has 0 saturated carbocycles. The van der Waals surface area contributed by atoms with Gasteiger partial charge in [-0.15, -0.1) is 0 Å². The molecule has 0 radical (unpaired) electrons. The maximum absolute atomic E-state index is 12.3. The first kappa shape index (κ1) is 18.2. The summed E-state index contributed by atoms with van der Waals surface area (Å²) in [6.07, 6.45) is 1.93. The molecule has 7 nitrogen and oxygen atoms in total. The van der Waals surface area contributed by atoms with Gasteiger partial charge in [-0.3, -0.25) is 9.59 Å². The number of aliphatic carboxylic acids is 1. The van der Waals surface area contributed by atoms with Gasteiger partial charge in [0.25, 0.3) is 0 Å². The van der Waals surface area contributed by atoms with Crippen LogP contribution < -0.4 is 16.6 Å². The van der Waals surface area contributed by atoms with Gasteiger partial charge < -0.3 is 15.8 Å². The third-order valence-corrected chi connectivity index (χ3v) is 3.49. The summed E-state index contributed by atoms with van der Waals surface area (Å²) in [6.45, 7) is 0.150. The molecular formula is C18H20N4O3. The Balaban J connectivity index is 1.91. The number of ketones is 1. The van der Waals surface area contributed by atoms with Crippen molar-refractivity contribution in [3.05, 3.63) is 59.7 Å². The third kappa shape index (κ3) is 6.08. The number of carboxylic acid groups (broad SMARTS) is 1. The van der Waals surface area contributed by atoms with E-state index < -0.39 is 5.97 Å². The fourth-order valence-electron chi connectivity index (χ4n) is 2.20. The predicted octanol–water partition coefficient (Wildman–Crippen LogP) is 2.12. The van der Waals surface area contributed by atoms with E-state index in [0.29, 0.717) is 17.7 Å². The molecule has 2 aromatic rings. The summed E-state index contributed by atoms with van der Waals surface area (Å²) in [6, 6.07) is 14.3. The lowest BCUT2D eigenvalue weighted by atomic mass is 10.1. The van der Waals surface area contributed by atoms with Crippen molar-refractivity contribution in [2.24, 2.45) is 10.8 Å². The van der Waals surface area contributed by atoms with Crippen molar-refractivity contribution < 1.29 is 14.7 Å². The molecule has 0 unspecified atom stereocenters. The number of nitrogens with one attached hydrogen (secondary N) is 2. The predicted molar refractivity (Wildman–Crippen MR) is 97.1 cm³/mol. The Bertz CT molecular complexity index is 757. The fraction of sp³-hybridized carbons (Fsp3) is 0.167. The molecule has 0 aromatic heterocycles. The Hall–Kier alpha value is -3.19.